The summed E-state index contributed by atoms with van der Waals surface area (Å²) in [5.74, 6) is 0. The lowest BCUT2D eigenvalue weighted by molar-refractivity contribution is 0.122. The number of rotatable bonds is 2. The van der Waals surface area contributed by atoms with Gasteiger partial charge in [0, 0.05) is 37.6 Å². The highest BCUT2D eigenvalue weighted by Gasteiger charge is 2.14. The number of nitrogens with zero attached hydrogens (tertiary/aromatic N) is 2. The fourth-order valence-electron chi connectivity index (χ4n) is 2.46. The smallest absolute Gasteiger partial charge is 0.0642 e. The molecule has 0 spiro atoms. The third kappa shape index (κ3) is 2.60. The Balaban J connectivity index is 1.75. The average Bonchev–Trinajstić information content (AvgIpc) is 2.49. The van der Waals surface area contributed by atoms with E-state index >= 15 is 0 Å². The molecule has 2 aliphatic heterocycles. The van der Waals surface area contributed by atoms with Crippen LogP contribution in [0.1, 0.15) is 0 Å². The van der Waals surface area contributed by atoms with Crippen LogP contribution in [-0.2, 0) is 9.47 Å². The van der Waals surface area contributed by atoms with Gasteiger partial charge in [-0.3, -0.25) is 0 Å². The average molecular weight is 247 g/mol. The molecule has 0 atom stereocenters. The molecule has 1 aromatic carbocycles. The van der Waals surface area contributed by atoms with Crippen LogP contribution in [0.15, 0.2) is 18.2 Å². The molecule has 0 amide bonds. The van der Waals surface area contributed by atoms with Gasteiger partial charge in [0.15, 0.2) is 0 Å². The van der Waals surface area contributed by atoms with E-state index in [1.54, 1.807) is 0 Å². The summed E-state index contributed by atoms with van der Waals surface area (Å²) in [5.41, 5.74) is 2.50. The van der Waals surface area contributed by atoms with Gasteiger partial charge < -0.3 is 19.3 Å². The van der Waals surface area contributed by atoms with Crippen LogP contribution in [0.25, 0.3) is 0 Å². The molecule has 2 aliphatic rings. The van der Waals surface area contributed by atoms with E-state index in [1.165, 1.54) is 11.4 Å². The maximum atomic E-state index is 5.39. The molecule has 0 saturated carbocycles. The van der Waals surface area contributed by atoms with Gasteiger partial charge in [-0.2, -0.15) is 0 Å². The highest BCUT2D eigenvalue weighted by molar-refractivity contribution is 5.59. The fourth-order valence-corrected chi connectivity index (χ4v) is 2.46. The summed E-state index contributed by atoms with van der Waals surface area (Å²) in [6.07, 6.45) is 0. The number of hydrogen-bond donors (Lipinski definition) is 0. The van der Waals surface area contributed by atoms with Gasteiger partial charge in [0.05, 0.1) is 26.4 Å². The van der Waals surface area contributed by atoms with Crippen molar-refractivity contribution in [1.29, 1.82) is 0 Å². The first-order valence-electron chi connectivity index (χ1n) is 6.60. The minimum absolute atomic E-state index is 0.821. The van der Waals surface area contributed by atoms with Crippen molar-refractivity contribution in [1.82, 2.24) is 0 Å². The first-order chi connectivity index (χ1) is 8.93. The summed E-state index contributed by atoms with van der Waals surface area (Å²) >= 11 is 0. The summed E-state index contributed by atoms with van der Waals surface area (Å²) in [6.45, 7) is 7.18. The van der Waals surface area contributed by atoms with Crippen molar-refractivity contribution in [3.8, 4) is 0 Å². The van der Waals surface area contributed by atoms with E-state index in [2.05, 4.69) is 34.1 Å². The molecule has 4 nitrogen and oxygen atoms in total. The monoisotopic (exact) mass is 247 g/mol. The molecule has 1 radical (unpaired) electrons. The third-order valence-electron chi connectivity index (χ3n) is 3.51. The largest absolute Gasteiger partial charge is 0.378 e. The first-order valence-corrected chi connectivity index (χ1v) is 6.60. The van der Waals surface area contributed by atoms with Crippen molar-refractivity contribution in [2.45, 2.75) is 0 Å². The Morgan fingerprint density at radius 3 is 1.67 bits per heavy atom. The van der Waals surface area contributed by atoms with Gasteiger partial charge in [-0.1, -0.05) is 0 Å². The highest BCUT2D eigenvalue weighted by atomic mass is 16.5. The van der Waals surface area contributed by atoms with Crippen molar-refractivity contribution < 1.29 is 9.47 Å². The van der Waals surface area contributed by atoms with E-state index in [0.717, 1.165) is 52.6 Å². The second kappa shape index (κ2) is 5.59. The molecule has 0 N–H and O–H groups in total. The van der Waals surface area contributed by atoms with E-state index in [-0.39, 0.29) is 0 Å². The summed E-state index contributed by atoms with van der Waals surface area (Å²) < 4.78 is 10.8. The Labute approximate surface area is 108 Å². The molecule has 0 bridgehead atoms. The van der Waals surface area contributed by atoms with Gasteiger partial charge in [-0.15, -0.1) is 0 Å². The standard InChI is InChI=1S/C14H19N2O2/c1-2-13(15-4-8-17-9-5-15)12-14(3-1)16-6-10-18-11-7-16/h2-3,12H,4-11H2. The molecule has 2 saturated heterocycles. The van der Waals surface area contributed by atoms with Crippen LogP contribution in [0, 0.1) is 6.07 Å². The quantitative estimate of drug-likeness (QED) is 0.783. The molecular weight excluding hydrogens is 228 g/mol. The van der Waals surface area contributed by atoms with Gasteiger partial charge in [-0.05, 0) is 24.3 Å². The molecule has 0 aliphatic carbocycles. The van der Waals surface area contributed by atoms with E-state index in [0.29, 0.717) is 0 Å². The predicted molar refractivity (Wildman–Crippen MR) is 71.3 cm³/mol. The van der Waals surface area contributed by atoms with Crippen molar-refractivity contribution in [2.24, 2.45) is 0 Å². The molecule has 18 heavy (non-hydrogen) atoms. The molecule has 2 heterocycles. The molecule has 2 fully saturated rings. The summed E-state index contributed by atoms with van der Waals surface area (Å²) in [5, 5.41) is 0. The summed E-state index contributed by atoms with van der Waals surface area (Å²) in [7, 11) is 0. The molecule has 1 aromatic rings. The first kappa shape index (κ1) is 11.8. The van der Waals surface area contributed by atoms with Gasteiger partial charge >= 0.3 is 0 Å². The Morgan fingerprint density at radius 1 is 0.778 bits per heavy atom. The molecule has 97 valence electrons. The van der Waals surface area contributed by atoms with Crippen LogP contribution in [0.3, 0.4) is 0 Å². The van der Waals surface area contributed by atoms with Gasteiger partial charge in [0.1, 0.15) is 0 Å². The van der Waals surface area contributed by atoms with Crippen LogP contribution < -0.4 is 9.80 Å². The van der Waals surface area contributed by atoms with Crippen LogP contribution in [0.4, 0.5) is 11.4 Å². The van der Waals surface area contributed by atoms with Crippen molar-refractivity contribution in [3.63, 3.8) is 0 Å². The number of morpholine rings is 2. The van der Waals surface area contributed by atoms with Crippen molar-refractivity contribution >= 4 is 11.4 Å². The van der Waals surface area contributed by atoms with Crippen LogP contribution in [0.2, 0.25) is 0 Å². The second-order valence-electron chi connectivity index (χ2n) is 4.65. The Kier molecular flexibility index (Phi) is 3.67. The minimum atomic E-state index is 0.821. The van der Waals surface area contributed by atoms with E-state index in [1.807, 2.05) is 0 Å². The maximum Gasteiger partial charge on any atom is 0.0642 e. The zero-order valence-electron chi connectivity index (χ0n) is 10.6. The Bertz CT molecular complexity index is 352. The van der Waals surface area contributed by atoms with E-state index in [9.17, 15) is 0 Å². The topological polar surface area (TPSA) is 24.9 Å². The van der Waals surface area contributed by atoms with Crippen LogP contribution in [0.5, 0.6) is 0 Å². The van der Waals surface area contributed by atoms with Gasteiger partial charge in [0.2, 0.25) is 0 Å². The Morgan fingerprint density at radius 2 is 1.22 bits per heavy atom. The zero-order valence-corrected chi connectivity index (χ0v) is 10.6. The predicted octanol–water partition coefficient (Wildman–Crippen LogP) is 1.16. The Hall–Kier alpha value is -1.26. The lowest BCUT2D eigenvalue weighted by atomic mass is 10.2. The lowest BCUT2D eigenvalue weighted by Gasteiger charge is -2.32. The maximum absolute atomic E-state index is 5.39. The fraction of sp³-hybridized carbons (Fsp3) is 0.571. The molecular formula is C14H19N2O2. The normalized spacial score (nSPS) is 21.1. The molecule has 3 rings (SSSR count). The minimum Gasteiger partial charge on any atom is -0.378 e. The number of anilines is 2. The lowest BCUT2D eigenvalue weighted by Crippen LogP contribution is -2.37. The number of hydrogen-bond acceptors (Lipinski definition) is 4. The van der Waals surface area contributed by atoms with Crippen LogP contribution in [-0.4, -0.2) is 52.6 Å². The third-order valence-corrected chi connectivity index (χ3v) is 3.51. The second-order valence-corrected chi connectivity index (χ2v) is 4.65. The van der Waals surface area contributed by atoms with Crippen molar-refractivity contribution in [3.05, 3.63) is 24.3 Å². The summed E-state index contributed by atoms with van der Waals surface area (Å²) in [6, 6.07) is 9.65. The van der Waals surface area contributed by atoms with Gasteiger partial charge in [-0.25, -0.2) is 0 Å². The molecule has 4 heteroatoms. The summed E-state index contributed by atoms with van der Waals surface area (Å²) in [4.78, 5) is 4.73. The van der Waals surface area contributed by atoms with Gasteiger partial charge in [0.25, 0.3) is 0 Å². The highest BCUT2D eigenvalue weighted by Crippen LogP contribution is 2.23. The van der Waals surface area contributed by atoms with Crippen LogP contribution >= 0.6 is 0 Å². The SMILES string of the molecule is [c]1cc(N2CCOCC2)cc(N2CCOCC2)c1. The number of benzene rings is 1. The van der Waals surface area contributed by atoms with Crippen molar-refractivity contribution in [2.75, 3.05) is 62.4 Å². The molecule has 0 aromatic heterocycles. The number of ether oxygens (including phenoxy) is 2. The molecule has 0 unspecified atom stereocenters. The van der Waals surface area contributed by atoms with E-state index in [4.69, 9.17) is 9.47 Å². The van der Waals surface area contributed by atoms with E-state index < -0.39 is 0 Å². The zero-order chi connectivity index (χ0) is 12.2.